The van der Waals surface area contributed by atoms with Gasteiger partial charge in [0.05, 0.1) is 5.69 Å². The average Bonchev–Trinajstić information content (AvgIpc) is 2.84. The molecule has 2 aromatic rings. The Balaban J connectivity index is 1.89. The van der Waals surface area contributed by atoms with Crippen molar-refractivity contribution in [3.05, 3.63) is 35.2 Å². The summed E-state index contributed by atoms with van der Waals surface area (Å²) in [5.74, 6) is 0.534. The molecule has 1 saturated heterocycles. The Morgan fingerprint density at radius 1 is 1.37 bits per heavy atom. The number of aromatic nitrogens is 2. The lowest BCUT2D eigenvalue weighted by molar-refractivity contribution is 0.166. The summed E-state index contributed by atoms with van der Waals surface area (Å²) in [6, 6.07) is 6.48. The number of rotatable bonds is 2. The summed E-state index contributed by atoms with van der Waals surface area (Å²) in [5, 5.41) is 0.729. The van der Waals surface area contributed by atoms with Gasteiger partial charge in [-0.25, -0.2) is 4.98 Å². The minimum absolute atomic E-state index is 0.534. The molecule has 102 valence electrons. The number of pyridine rings is 1. The van der Waals surface area contributed by atoms with Gasteiger partial charge in [0.2, 0.25) is 0 Å². The summed E-state index contributed by atoms with van der Waals surface area (Å²) in [6.07, 6.45) is 4.58. The molecule has 2 aromatic heterocycles. The van der Waals surface area contributed by atoms with E-state index < -0.39 is 0 Å². The fourth-order valence-electron chi connectivity index (χ4n) is 2.91. The molecule has 0 saturated carbocycles. The normalized spacial score (nSPS) is 21.4. The second kappa shape index (κ2) is 5.14. The highest BCUT2D eigenvalue weighted by Crippen LogP contribution is 2.28. The number of imidazole rings is 1. The highest BCUT2D eigenvalue weighted by molar-refractivity contribution is 6.29. The summed E-state index contributed by atoms with van der Waals surface area (Å²) in [5.41, 5.74) is 2.13. The van der Waals surface area contributed by atoms with Crippen LogP contribution in [0.3, 0.4) is 0 Å². The molecule has 4 heteroatoms. The molecule has 3 heterocycles. The molecule has 19 heavy (non-hydrogen) atoms. The van der Waals surface area contributed by atoms with Crippen molar-refractivity contribution in [1.29, 1.82) is 0 Å². The topological polar surface area (TPSA) is 20.5 Å². The SMILES string of the molecule is CC(C)N1CCCC(c2cn3c(Cl)cccc3n2)C1. The van der Waals surface area contributed by atoms with Crippen LogP contribution in [0.5, 0.6) is 0 Å². The van der Waals surface area contributed by atoms with Gasteiger partial charge >= 0.3 is 0 Å². The van der Waals surface area contributed by atoms with Gasteiger partial charge in [0.15, 0.2) is 0 Å². The summed E-state index contributed by atoms with van der Waals surface area (Å²) < 4.78 is 1.98. The average molecular weight is 278 g/mol. The summed E-state index contributed by atoms with van der Waals surface area (Å²) in [4.78, 5) is 7.28. The Morgan fingerprint density at radius 3 is 2.95 bits per heavy atom. The first-order chi connectivity index (χ1) is 9.15. The number of halogens is 1. The third-order valence-corrected chi connectivity index (χ3v) is 4.37. The first kappa shape index (κ1) is 12.9. The van der Waals surface area contributed by atoms with Crippen LogP contribution in [0.1, 0.15) is 38.3 Å². The Bertz CT molecular complexity index is 576. The Kier molecular flexibility index (Phi) is 3.50. The number of hydrogen-bond donors (Lipinski definition) is 0. The van der Waals surface area contributed by atoms with Crippen LogP contribution in [0, 0.1) is 0 Å². The van der Waals surface area contributed by atoms with Crippen molar-refractivity contribution >= 4 is 17.2 Å². The minimum Gasteiger partial charge on any atom is -0.300 e. The van der Waals surface area contributed by atoms with Gasteiger partial charge in [-0.05, 0) is 45.4 Å². The molecule has 1 aliphatic heterocycles. The lowest BCUT2D eigenvalue weighted by atomic mass is 9.94. The van der Waals surface area contributed by atoms with Crippen LogP contribution in [-0.2, 0) is 0 Å². The van der Waals surface area contributed by atoms with Crippen LogP contribution in [0.4, 0.5) is 0 Å². The first-order valence-corrected chi connectivity index (χ1v) is 7.40. The van der Waals surface area contributed by atoms with E-state index in [1.54, 1.807) is 0 Å². The van der Waals surface area contributed by atoms with Gasteiger partial charge in [0, 0.05) is 24.7 Å². The van der Waals surface area contributed by atoms with Crippen LogP contribution in [0.2, 0.25) is 5.15 Å². The molecular formula is C15H20ClN3. The van der Waals surface area contributed by atoms with Crippen molar-refractivity contribution in [2.45, 2.75) is 38.6 Å². The maximum atomic E-state index is 6.20. The number of piperidine rings is 1. The van der Waals surface area contributed by atoms with Gasteiger partial charge in [0.1, 0.15) is 10.8 Å². The van der Waals surface area contributed by atoms with E-state index in [0.717, 1.165) is 17.3 Å². The lowest BCUT2D eigenvalue weighted by Gasteiger charge is -2.34. The molecule has 1 aliphatic rings. The van der Waals surface area contributed by atoms with Gasteiger partial charge in [-0.1, -0.05) is 17.7 Å². The highest BCUT2D eigenvalue weighted by Gasteiger charge is 2.24. The van der Waals surface area contributed by atoms with Gasteiger partial charge in [-0.15, -0.1) is 0 Å². The maximum Gasteiger partial charge on any atom is 0.138 e. The molecule has 0 bridgehead atoms. The minimum atomic E-state index is 0.534. The fraction of sp³-hybridized carbons (Fsp3) is 0.533. The van der Waals surface area contributed by atoms with Crippen molar-refractivity contribution in [3.63, 3.8) is 0 Å². The highest BCUT2D eigenvalue weighted by atomic mass is 35.5. The molecular weight excluding hydrogens is 258 g/mol. The third-order valence-electron chi connectivity index (χ3n) is 4.06. The van der Waals surface area contributed by atoms with Gasteiger partial charge < -0.3 is 4.90 Å². The monoisotopic (exact) mass is 277 g/mol. The summed E-state index contributed by atoms with van der Waals surface area (Å²) in [7, 11) is 0. The maximum absolute atomic E-state index is 6.20. The van der Waals surface area contributed by atoms with Crippen molar-refractivity contribution in [1.82, 2.24) is 14.3 Å². The third kappa shape index (κ3) is 2.49. The Hall–Kier alpha value is -1.06. The van der Waals surface area contributed by atoms with Crippen LogP contribution in [-0.4, -0.2) is 33.4 Å². The standard InChI is InChI=1S/C15H20ClN3/c1-11(2)18-8-4-5-12(9-18)13-10-19-14(16)6-3-7-15(19)17-13/h3,6-7,10-12H,4-5,8-9H2,1-2H3. The zero-order chi connectivity index (χ0) is 13.4. The van der Waals surface area contributed by atoms with E-state index >= 15 is 0 Å². The molecule has 0 spiro atoms. The second-order valence-corrected chi connectivity index (χ2v) is 6.06. The van der Waals surface area contributed by atoms with Crippen molar-refractivity contribution in [2.24, 2.45) is 0 Å². The molecule has 0 radical (unpaired) electrons. The molecule has 1 fully saturated rings. The van der Waals surface area contributed by atoms with E-state index in [4.69, 9.17) is 16.6 Å². The summed E-state index contributed by atoms with van der Waals surface area (Å²) >= 11 is 6.20. The first-order valence-electron chi connectivity index (χ1n) is 7.02. The van der Waals surface area contributed by atoms with Crippen molar-refractivity contribution < 1.29 is 0 Å². The van der Waals surface area contributed by atoms with Crippen LogP contribution in [0.15, 0.2) is 24.4 Å². The molecule has 1 unspecified atom stereocenters. The van der Waals surface area contributed by atoms with E-state index in [1.807, 2.05) is 22.6 Å². The largest absolute Gasteiger partial charge is 0.300 e. The molecule has 1 atom stereocenters. The number of fused-ring (bicyclic) bond motifs is 1. The predicted octanol–water partition coefficient (Wildman–Crippen LogP) is 3.58. The predicted molar refractivity (Wildman–Crippen MR) is 78.9 cm³/mol. The van der Waals surface area contributed by atoms with Crippen LogP contribution in [0.25, 0.3) is 5.65 Å². The Morgan fingerprint density at radius 2 is 2.21 bits per heavy atom. The molecule has 0 N–H and O–H groups in total. The van der Waals surface area contributed by atoms with E-state index in [9.17, 15) is 0 Å². The summed E-state index contributed by atoms with van der Waals surface area (Å²) in [6.45, 7) is 6.85. The van der Waals surface area contributed by atoms with E-state index in [-0.39, 0.29) is 0 Å². The van der Waals surface area contributed by atoms with E-state index in [1.165, 1.54) is 25.1 Å². The fourth-order valence-corrected chi connectivity index (χ4v) is 3.12. The lowest BCUT2D eigenvalue weighted by Crippen LogP contribution is -2.39. The zero-order valence-corrected chi connectivity index (χ0v) is 12.3. The smallest absolute Gasteiger partial charge is 0.138 e. The number of hydrogen-bond acceptors (Lipinski definition) is 2. The van der Waals surface area contributed by atoms with Crippen molar-refractivity contribution in [3.8, 4) is 0 Å². The molecule has 0 amide bonds. The van der Waals surface area contributed by atoms with Crippen LogP contribution >= 0.6 is 11.6 Å². The molecule has 3 rings (SSSR count). The van der Waals surface area contributed by atoms with Gasteiger partial charge in [-0.2, -0.15) is 0 Å². The number of nitrogens with zero attached hydrogens (tertiary/aromatic N) is 3. The van der Waals surface area contributed by atoms with Crippen molar-refractivity contribution in [2.75, 3.05) is 13.1 Å². The number of likely N-dealkylation sites (tertiary alicyclic amines) is 1. The zero-order valence-electron chi connectivity index (χ0n) is 11.5. The van der Waals surface area contributed by atoms with E-state index in [2.05, 4.69) is 24.9 Å². The Labute approximate surface area is 119 Å². The molecule has 0 aromatic carbocycles. The quantitative estimate of drug-likeness (QED) is 0.782. The second-order valence-electron chi connectivity index (χ2n) is 5.67. The van der Waals surface area contributed by atoms with E-state index in [0.29, 0.717) is 12.0 Å². The van der Waals surface area contributed by atoms with Gasteiger partial charge in [-0.3, -0.25) is 4.40 Å². The van der Waals surface area contributed by atoms with Gasteiger partial charge in [0.25, 0.3) is 0 Å². The molecule has 0 aliphatic carbocycles. The molecule has 3 nitrogen and oxygen atoms in total. The van der Waals surface area contributed by atoms with Crippen LogP contribution < -0.4 is 0 Å².